The molecule has 2 rings (SSSR count). The van der Waals surface area contributed by atoms with Gasteiger partial charge >= 0.3 is 0 Å². The van der Waals surface area contributed by atoms with E-state index in [0.29, 0.717) is 16.3 Å². The molecule has 0 aliphatic rings. The molecule has 0 spiro atoms. The van der Waals surface area contributed by atoms with Crippen LogP contribution in [-0.2, 0) is 16.6 Å². The highest BCUT2D eigenvalue weighted by Gasteiger charge is 2.21. The lowest BCUT2D eigenvalue weighted by Gasteiger charge is -2.11. The number of hydrogen-bond donors (Lipinski definition) is 1. The number of ether oxygens (including phenoxy) is 1. The van der Waals surface area contributed by atoms with Crippen molar-refractivity contribution in [3.8, 4) is 5.75 Å². The zero-order valence-corrected chi connectivity index (χ0v) is 12.6. The van der Waals surface area contributed by atoms with E-state index < -0.39 is 20.9 Å². The number of nitrogens with one attached hydrogen (secondary N) is 1. The van der Waals surface area contributed by atoms with Crippen molar-refractivity contribution in [1.29, 1.82) is 0 Å². The van der Waals surface area contributed by atoms with Gasteiger partial charge in [-0.15, -0.1) is 0 Å². The number of benzene rings is 1. The van der Waals surface area contributed by atoms with Gasteiger partial charge in [0.1, 0.15) is 5.75 Å². The predicted octanol–water partition coefficient (Wildman–Crippen LogP) is 2.36. The number of pyridine rings is 1. The van der Waals surface area contributed by atoms with Gasteiger partial charge in [-0.1, -0.05) is 17.7 Å². The zero-order valence-electron chi connectivity index (χ0n) is 11.0. The maximum Gasteiger partial charge on any atom is 0.261 e. The summed E-state index contributed by atoms with van der Waals surface area (Å²) >= 11 is 6.01. The van der Waals surface area contributed by atoms with Crippen molar-refractivity contribution in [2.45, 2.75) is 11.6 Å². The Labute approximate surface area is 126 Å². The fourth-order valence-electron chi connectivity index (χ4n) is 1.71. The van der Waals surface area contributed by atoms with E-state index in [1.165, 1.54) is 19.4 Å². The summed E-state index contributed by atoms with van der Waals surface area (Å²) in [7, 11) is -2.63. The van der Waals surface area contributed by atoms with Crippen LogP contribution in [0.25, 0.3) is 0 Å². The van der Waals surface area contributed by atoms with Crippen molar-refractivity contribution in [2.75, 3.05) is 7.11 Å². The molecule has 1 heterocycles. The number of aromatic nitrogens is 1. The molecular weight excluding hydrogens is 319 g/mol. The lowest BCUT2D eigenvalue weighted by Crippen LogP contribution is -2.25. The molecule has 0 aliphatic heterocycles. The van der Waals surface area contributed by atoms with E-state index in [-0.39, 0.29) is 6.54 Å². The van der Waals surface area contributed by atoms with Crippen LogP contribution in [0.3, 0.4) is 0 Å². The molecule has 5 nitrogen and oxygen atoms in total. The second kappa shape index (κ2) is 6.38. The summed E-state index contributed by atoms with van der Waals surface area (Å²) in [6.07, 6.45) is 1.20. The Hall–Kier alpha value is -1.70. The number of rotatable bonds is 5. The standard InChI is InChI=1S/C13H12ClFN2O3S/c1-20-12-6-2-4-10(14)9(12)8-17-21(18,19)13-11(15)5-3-7-16-13/h2-7,17H,8H2,1H3. The van der Waals surface area contributed by atoms with E-state index in [4.69, 9.17) is 16.3 Å². The second-order valence-corrected chi connectivity index (χ2v) is 6.13. The van der Waals surface area contributed by atoms with E-state index in [1.54, 1.807) is 18.2 Å². The lowest BCUT2D eigenvalue weighted by atomic mass is 10.2. The SMILES string of the molecule is COc1cccc(Cl)c1CNS(=O)(=O)c1ncccc1F. The summed E-state index contributed by atoms with van der Waals surface area (Å²) in [4.78, 5) is 3.54. The third kappa shape index (κ3) is 3.49. The van der Waals surface area contributed by atoms with Crippen molar-refractivity contribution in [1.82, 2.24) is 9.71 Å². The van der Waals surface area contributed by atoms with Gasteiger partial charge in [0.25, 0.3) is 10.0 Å². The minimum absolute atomic E-state index is 0.138. The highest BCUT2D eigenvalue weighted by atomic mass is 35.5. The molecule has 0 unspecified atom stereocenters. The summed E-state index contributed by atoms with van der Waals surface area (Å²) in [6, 6.07) is 7.27. The monoisotopic (exact) mass is 330 g/mol. The van der Waals surface area contributed by atoms with Crippen LogP contribution in [0, 0.1) is 5.82 Å². The van der Waals surface area contributed by atoms with Crippen LogP contribution in [0.5, 0.6) is 5.75 Å². The Morgan fingerprint density at radius 1 is 1.33 bits per heavy atom. The van der Waals surface area contributed by atoms with E-state index in [1.807, 2.05) is 0 Å². The molecule has 0 amide bonds. The van der Waals surface area contributed by atoms with Gasteiger partial charge in [0, 0.05) is 23.3 Å². The molecule has 112 valence electrons. The van der Waals surface area contributed by atoms with Crippen molar-refractivity contribution in [3.63, 3.8) is 0 Å². The summed E-state index contributed by atoms with van der Waals surface area (Å²) in [5, 5.41) is -0.311. The van der Waals surface area contributed by atoms with Crippen LogP contribution in [-0.4, -0.2) is 20.5 Å². The first-order valence-corrected chi connectivity index (χ1v) is 7.73. The maximum absolute atomic E-state index is 13.5. The fourth-order valence-corrected chi connectivity index (χ4v) is 2.93. The van der Waals surface area contributed by atoms with Crippen LogP contribution in [0.15, 0.2) is 41.6 Å². The predicted molar refractivity (Wildman–Crippen MR) is 76.2 cm³/mol. The van der Waals surface area contributed by atoms with E-state index in [0.717, 1.165) is 6.07 Å². The fraction of sp³-hybridized carbons (Fsp3) is 0.154. The van der Waals surface area contributed by atoms with E-state index in [9.17, 15) is 12.8 Å². The average molecular weight is 331 g/mol. The summed E-state index contributed by atoms with van der Waals surface area (Å²) in [5.41, 5.74) is 0.460. The maximum atomic E-state index is 13.5. The Morgan fingerprint density at radius 3 is 2.76 bits per heavy atom. The Balaban J connectivity index is 2.26. The molecule has 0 radical (unpaired) electrons. The molecule has 2 aromatic rings. The number of nitrogens with zero attached hydrogens (tertiary/aromatic N) is 1. The smallest absolute Gasteiger partial charge is 0.261 e. The van der Waals surface area contributed by atoms with Crippen molar-refractivity contribution in [3.05, 3.63) is 52.9 Å². The van der Waals surface area contributed by atoms with Gasteiger partial charge in [0.2, 0.25) is 5.03 Å². The van der Waals surface area contributed by atoms with Crippen LogP contribution in [0.4, 0.5) is 4.39 Å². The van der Waals surface area contributed by atoms with Gasteiger partial charge in [-0.3, -0.25) is 0 Å². The van der Waals surface area contributed by atoms with Gasteiger partial charge in [0.05, 0.1) is 7.11 Å². The number of hydrogen-bond acceptors (Lipinski definition) is 4. The summed E-state index contributed by atoms with van der Waals surface area (Å²) in [6.45, 7) is -0.138. The molecule has 1 N–H and O–H groups in total. The normalized spacial score (nSPS) is 11.4. The first-order valence-electron chi connectivity index (χ1n) is 5.87. The molecule has 1 aromatic carbocycles. The third-order valence-corrected chi connectivity index (χ3v) is 4.40. The van der Waals surface area contributed by atoms with Crippen LogP contribution >= 0.6 is 11.6 Å². The molecule has 1 aromatic heterocycles. The molecule has 0 saturated carbocycles. The minimum atomic E-state index is -4.08. The molecule has 0 saturated heterocycles. The topological polar surface area (TPSA) is 68.3 Å². The zero-order chi connectivity index (χ0) is 15.5. The Morgan fingerprint density at radius 2 is 2.10 bits per heavy atom. The van der Waals surface area contributed by atoms with E-state index >= 15 is 0 Å². The highest BCUT2D eigenvalue weighted by molar-refractivity contribution is 7.89. The third-order valence-electron chi connectivity index (χ3n) is 2.71. The number of methoxy groups -OCH3 is 1. The van der Waals surface area contributed by atoms with Gasteiger partial charge in [0.15, 0.2) is 5.82 Å². The number of halogens is 2. The largest absolute Gasteiger partial charge is 0.496 e. The second-order valence-electron chi connectivity index (χ2n) is 4.04. The van der Waals surface area contributed by atoms with Crippen molar-refractivity contribution < 1.29 is 17.5 Å². The molecule has 0 fully saturated rings. The van der Waals surface area contributed by atoms with Gasteiger partial charge in [-0.25, -0.2) is 22.5 Å². The van der Waals surface area contributed by atoms with Gasteiger partial charge in [-0.2, -0.15) is 0 Å². The first kappa shape index (κ1) is 15.7. The van der Waals surface area contributed by atoms with Crippen LogP contribution in [0.2, 0.25) is 5.02 Å². The number of sulfonamides is 1. The first-order chi connectivity index (χ1) is 9.95. The quantitative estimate of drug-likeness (QED) is 0.913. The molecule has 0 atom stereocenters. The van der Waals surface area contributed by atoms with Crippen molar-refractivity contribution >= 4 is 21.6 Å². The molecule has 8 heteroatoms. The Kier molecular flexibility index (Phi) is 4.76. The van der Waals surface area contributed by atoms with E-state index in [2.05, 4.69) is 9.71 Å². The molecule has 21 heavy (non-hydrogen) atoms. The molecular formula is C13H12ClFN2O3S. The van der Waals surface area contributed by atoms with Crippen LogP contribution in [0.1, 0.15) is 5.56 Å². The average Bonchev–Trinajstić information content (AvgIpc) is 2.46. The highest BCUT2D eigenvalue weighted by Crippen LogP contribution is 2.26. The lowest BCUT2D eigenvalue weighted by molar-refractivity contribution is 0.409. The van der Waals surface area contributed by atoms with Gasteiger partial charge in [-0.05, 0) is 24.3 Å². The van der Waals surface area contributed by atoms with Crippen molar-refractivity contribution in [2.24, 2.45) is 0 Å². The Bertz CT molecular complexity index is 753. The van der Waals surface area contributed by atoms with Crippen LogP contribution < -0.4 is 9.46 Å². The molecule has 0 bridgehead atoms. The summed E-state index contributed by atoms with van der Waals surface area (Å²) < 4.78 is 44.9. The molecule has 0 aliphatic carbocycles. The minimum Gasteiger partial charge on any atom is -0.496 e. The van der Waals surface area contributed by atoms with Gasteiger partial charge < -0.3 is 4.74 Å². The summed E-state index contributed by atoms with van der Waals surface area (Å²) in [5.74, 6) is -0.484.